The van der Waals surface area contributed by atoms with E-state index in [2.05, 4.69) is 20.4 Å². The molecular weight excluding hydrogens is 1990 g/mol. The highest BCUT2D eigenvalue weighted by Gasteiger charge is 2.54. The summed E-state index contributed by atoms with van der Waals surface area (Å²) in [6.45, 7) is 20.9. The minimum atomic E-state index is -4.97. The fraction of sp³-hybridized carbons (Fsp3) is 0.472. The topological polar surface area (TPSA) is 121 Å². The first-order valence-corrected chi connectivity index (χ1v) is 47.9. The van der Waals surface area contributed by atoms with Gasteiger partial charge >= 0.3 is 49.4 Å². The van der Waals surface area contributed by atoms with Crippen molar-refractivity contribution in [3.05, 3.63) is 328 Å². The van der Waals surface area contributed by atoms with Crippen molar-refractivity contribution < 1.29 is 157 Å². The molecule has 796 valence electrons. The molecule has 8 fully saturated rings. The van der Waals surface area contributed by atoms with Crippen LogP contribution in [0.5, 0.6) is 0 Å². The van der Waals surface area contributed by atoms with Gasteiger partial charge in [-0.2, -0.15) is 105 Å². The molecule has 2 N–H and O–H groups in total. The standard InChI is InChI=1S/C31H30F7NO2.C29H29F6NO3.C24H24F7NO2.C24H25F6NO2/c1-18-10-25(32)8-9-26(18)28-27-16-39(14-20-6-4-3-5-7-20)15-22(27)17-40-29(28)41-19(2)21-11-23(30(33,34)35)13-24(12-21)31(36,37)38;1-16-5-3-4-6-24(16)26-25-14-36(22-7-8-23(37)12-22)13-19(25)15-38-27(26)39-17(2)18-9-20(28(30,31)32)11-21(10-18)29(33,34)35;1-12-5-18(25)3-4-19(12)21-20-10-32-9-15(20)11-33-22(21)34-13(2)14-6-16(23(26,27)28)8-17(7-14)24(29,30)31;1-13-5-3-4-6-19(13)21-20-11-31-10-16(20)12-32-22(21)33-14(2)15-7-17(23(25,26)27)9-18(8-15)24(28,29)30/h3-13,19,22,27-29H,14-17H2,1-2H3;3-6,9-12,17,19,25-27H,7-8,13-15H2,1-2H3;3-8,13,15,20-22,32H,9-11H2,1-2H3;3-9,14,16,20-22,31H,10-12H2,1-2H3/t19-,22+,27-,28+,29-;17-,19+,25?,26+,27?;13-,15+,20-,21+,22-;14-,16+,20?,21+,22?/m1111/s1. The molecule has 8 saturated heterocycles. The van der Waals surface area contributed by atoms with Gasteiger partial charge in [-0.15, -0.1) is 0 Å². The van der Waals surface area contributed by atoms with E-state index in [1.54, 1.807) is 32.1 Å². The van der Waals surface area contributed by atoms with Crippen LogP contribution in [0.25, 0.3) is 0 Å². The third kappa shape index (κ3) is 26.6. The number of nitrogens with one attached hydrogen (secondary N) is 2. The van der Waals surface area contributed by atoms with Crippen LogP contribution in [0.3, 0.4) is 0 Å². The number of rotatable bonds is 19. The summed E-state index contributed by atoms with van der Waals surface area (Å²) in [6.07, 6.45) is -44.7. The molecule has 0 bridgehead atoms. The largest absolute Gasteiger partial charge is 0.416 e. The number of halogens is 26. The molecule has 9 aromatic carbocycles. The third-order valence-electron chi connectivity index (χ3n) is 29.3. The van der Waals surface area contributed by atoms with Crippen LogP contribution in [-0.2, 0) is 98.6 Å². The molecule has 9 aromatic rings. The lowest BCUT2D eigenvalue weighted by Crippen LogP contribution is -2.42. The summed E-state index contributed by atoms with van der Waals surface area (Å²) in [5.74, 6) is -1.02. The summed E-state index contributed by atoms with van der Waals surface area (Å²) >= 11 is 0. The maximum absolute atomic E-state index is 14.0. The molecule has 8 aliphatic heterocycles. The Labute approximate surface area is 831 Å². The van der Waals surface area contributed by atoms with Crippen LogP contribution in [-0.4, -0.2) is 120 Å². The predicted octanol–water partition coefficient (Wildman–Crippen LogP) is 27.5. The molecule has 39 heteroatoms. The molecule has 1 aliphatic carbocycles. The number of hydrogen-bond acceptors (Lipinski definition) is 13. The van der Waals surface area contributed by atoms with Gasteiger partial charge < -0.3 is 53.4 Å². The van der Waals surface area contributed by atoms with Gasteiger partial charge in [0.2, 0.25) is 0 Å². The van der Waals surface area contributed by atoms with Crippen molar-refractivity contribution in [2.75, 3.05) is 78.8 Å². The van der Waals surface area contributed by atoms with Gasteiger partial charge in [-0.25, -0.2) is 8.78 Å². The zero-order chi connectivity index (χ0) is 106. The lowest BCUT2D eigenvalue weighted by molar-refractivity contribution is -0.217. The number of carbonyl (C=O) groups excluding carboxylic acids is 1. The van der Waals surface area contributed by atoms with Gasteiger partial charge in [-0.05, 0) is 286 Å². The minimum absolute atomic E-state index is 0.0149. The van der Waals surface area contributed by atoms with Crippen molar-refractivity contribution in [1.29, 1.82) is 0 Å². The van der Waals surface area contributed by atoms with Crippen molar-refractivity contribution in [1.82, 2.24) is 20.4 Å². The van der Waals surface area contributed by atoms with Crippen molar-refractivity contribution in [2.45, 2.75) is 197 Å². The fourth-order valence-corrected chi connectivity index (χ4v) is 21.8. The van der Waals surface area contributed by atoms with Gasteiger partial charge in [0.1, 0.15) is 11.6 Å². The number of carbonyl (C=O) groups is 1. The van der Waals surface area contributed by atoms with E-state index in [1.165, 1.54) is 52.0 Å². The Balaban J connectivity index is 0.000000148. The molecule has 0 amide bonds. The summed E-state index contributed by atoms with van der Waals surface area (Å²) in [5.41, 5.74) is -3.02. The Kier molecular flexibility index (Phi) is 33.6. The lowest BCUT2D eigenvalue weighted by atomic mass is 9.76. The third-order valence-corrected chi connectivity index (χ3v) is 29.3. The minimum Gasteiger partial charge on any atom is -0.374 e. The Morgan fingerprint density at radius 2 is 0.612 bits per heavy atom. The van der Waals surface area contributed by atoms with Crippen LogP contribution in [0, 0.1) is 86.7 Å². The zero-order valence-corrected chi connectivity index (χ0v) is 80.5. The molecule has 8 heterocycles. The number of ketones is 1. The predicted molar refractivity (Wildman–Crippen MR) is 488 cm³/mol. The smallest absolute Gasteiger partial charge is 0.374 e. The van der Waals surface area contributed by atoms with E-state index in [-0.39, 0.29) is 117 Å². The number of benzene rings is 9. The summed E-state index contributed by atoms with van der Waals surface area (Å²) in [4.78, 5) is 16.3. The average Bonchev–Trinajstić information content (AvgIpc) is 1.79. The van der Waals surface area contributed by atoms with Crippen LogP contribution < -0.4 is 10.6 Å². The number of ether oxygens (including phenoxy) is 8. The summed E-state index contributed by atoms with van der Waals surface area (Å²) in [5, 5.41) is 6.64. The van der Waals surface area contributed by atoms with Crippen LogP contribution >= 0.6 is 0 Å². The molecule has 0 spiro atoms. The van der Waals surface area contributed by atoms with Gasteiger partial charge in [0.15, 0.2) is 30.9 Å². The molecule has 147 heavy (non-hydrogen) atoms. The molecule has 13 nitrogen and oxygen atoms in total. The number of allylic oxidation sites excluding steroid dienone is 2. The van der Waals surface area contributed by atoms with Gasteiger partial charge in [0.25, 0.3) is 0 Å². The van der Waals surface area contributed by atoms with Gasteiger partial charge in [-0.3, -0.25) is 9.69 Å². The number of nitrogens with zero attached hydrogens (tertiary/aromatic N) is 2. The normalized spacial score (nSPS) is 25.9. The maximum Gasteiger partial charge on any atom is 0.416 e. The number of hydrogen-bond donors (Lipinski definition) is 2. The zero-order valence-electron chi connectivity index (χ0n) is 80.5. The van der Waals surface area contributed by atoms with Crippen LogP contribution in [0.1, 0.15) is 205 Å². The summed E-state index contributed by atoms with van der Waals surface area (Å²) in [7, 11) is 0. The van der Waals surface area contributed by atoms with Crippen LogP contribution in [0.15, 0.2) is 200 Å². The van der Waals surface area contributed by atoms with E-state index in [1.807, 2.05) is 92.7 Å². The Hall–Kier alpha value is -10.1. The Morgan fingerprint density at radius 3 is 0.918 bits per heavy atom. The Morgan fingerprint density at radius 1 is 0.320 bits per heavy atom. The molecule has 9 aliphatic rings. The first-order valence-electron chi connectivity index (χ1n) is 47.9. The van der Waals surface area contributed by atoms with E-state index >= 15 is 0 Å². The molecule has 18 rings (SSSR count). The molecule has 20 atom stereocenters. The molecule has 0 aromatic heterocycles. The summed E-state index contributed by atoms with van der Waals surface area (Å²) < 4.78 is 398. The molecular formula is C108H108F26N4O9. The van der Waals surface area contributed by atoms with Gasteiger partial charge in [0, 0.05) is 93.6 Å². The van der Waals surface area contributed by atoms with Crippen LogP contribution in [0.4, 0.5) is 114 Å². The van der Waals surface area contributed by atoms with Crippen molar-refractivity contribution >= 4 is 5.78 Å². The first kappa shape index (κ1) is 111. The van der Waals surface area contributed by atoms with Crippen molar-refractivity contribution in [3.8, 4) is 0 Å². The molecule has 4 unspecified atom stereocenters. The van der Waals surface area contributed by atoms with Gasteiger partial charge in [-0.1, -0.05) is 91.0 Å². The van der Waals surface area contributed by atoms with E-state index in [0.29, 0.717) is 132 Å². The average molecular weight is 2100 g/mol. The highest BCUT2D eigenvalue weighted by atomic mass is 19.4. The lowest BCUT2D eigenvalue weighted by Gasteiger charge is -2.41. The molecule has 0 radical (unpaired) electrons. The second-order valence-electron chi connectivity index (χ2n) is 39.3. The van der Waals surface area contributed by atoms with Crippen molar-refractivity contribution in [3.63, 3.8) is 0 Å². The number of likely N-dealkylation sites (tertiary alicyclic amines) is 2. The monoisotopic (exact) mass is 2100 g/mol. The number of aryl methyl sites for hydroxylation is 4. The van der Waals surface area contributed by atoms with E-state index in [0.717, 1.165) is 70.8 Å². The van der Waals surface area contributed by atoms with E-state index in [4.69, 9.17) is 37.9 Å². The van der Waals surface area contributed by atoms with Crippen molar-refractivity contribution in [2.24, 2.45) is 47.3 Å². The highest BCUT2D eigenvalue weighted by molar-refractivity contribution is 5.92. The second-order valence-corrected chi connectivity index (χ2v) is 39.3. The Bertz CT molecular complexity index is 5980. The fourth-order valence-electron chi connectivity index (χ4n) is 21.8. The second kappa shape index (κ2) is 44.5. The SMILES string of the molecule is Cc1cc(F)ccc1[C@@H]1[C@@H](O[C@H](C)c2cc(C(F)(F)F)cc(C(F)(F)F)c2)OC[C@@H]2CN(Cc3ccccc3)C[C@H]21.Cc1cc(F)ccc1[C@@H]1[C@@H](O[C@H](C)c2cc(C(F)(F)F)cc(C(F)(F)F)c2)OC[C@@H]2CNC[C@H]21.Cc1ccccc1[C@@H]1C(O[C@H](C)c2cc(C(F)(F)F)cc(C(F)(F)F)c2)OC[C@@H]2CN(C3=CC(=O)CC3)CC21.Cc1ccccc1[C@@H]1C(O[C@H](C)c2cc(C(F)(F)F)cc(C(F)(F)F)c2)OC[C@@H]2CNCC21. The number of alkyl halides is 24. The van der Waals surface area contributed by atoms with E-state index < -0.39 is 161 Å². The highest BCUT2D eigenvalue weighted by Crippen LogP contribution is 2.54. The maximum atomic E-state index is 14.0. The number of fused-ring (bicyclic) bond motifs is 4. The molecule has 0 saturated carbocycles. The quantitative estimate of drug-likeness (QED) is 0.0748. The van der Waals surface area contributed by atoms with Gasteiger partial charge in [0.05, 0.1) is 95.4 Å². The first-order chi connectivity index (χ1) is 68.9. The van der Waals surface area contributed by atoms with E-state index in [9.17, 15) is 119 Å². The van der Waals surface area contributed by atoms with Crippen LogP contribution in [0.2, 0.25) is 0 Å². The summed E-state index contributed by atoms with van der Waals surface area (Å²) in [6, 6.07) is 40.1.